The highest BCUT2D eigenvalue weighted by molar-refractivity contribution is 9.08. The van der Waals surface area contributed by atoms with E-state index in [-0.39, 0.29) is 0 Å². The zero-order chi connectivity index (χ0) is 11.4. The lowest BCUT2D eigenvalue weighted by Crippen LogP contribution is -2.04. The second-order valence-electron chi connectivity index (χ2n) is 3.59. The van der Waals surface area contributed by atoms with Crippen LogP contribution in [0.3, 0.4) is 0 Å². The molecule has 0 fully saturated rings. The Morgan fingerprint density at radius 1 is 1.12 bits per heavy atom. The Kier molecular flexibility index (Phi) is 3.72. The molecule has 0 bridgehead atoms. The molecule has 0 aliphatic rings. The van der Waals surface area contributed by atoms with Gasteiger partial charge in [-0.25, -0.2) is 0 Å². The maximum atomic E-state index is 4.24. The van der Waals surface area contributed by atoms with Gasteiger partial charge in [-0.3, -0.25) is 4.57 Å². The van der Waals surface area contributed by atoms with Crippen LogP contribution in [-0.4, -0.2) is 14.8 Å². The van der Waals surface area contributed by atoms with Crippen LogP contribution in [0.4, 0.5) is 0 Å². The normalized spacial score (nSPS) is 10.6. The van der Waals surface area contributed by atoms with Crippen molar-refractivity contribution in [3.05, 3.63) is 42.0 Å². The monoisotopic (exact) mass is 279 g/mol. The van der Waals surface area contributed by atoms with Gasteiger partial charge >= 0.3 is 0 Å². The predicted molar refractivity (Wildman–Crippen MR) is 68.0 cm³/mol. The molecule has 0 saturated carbocycles. The van der Waals surface area contributed by atoms with Gasteiger partial charge in [0.05, 0.1) is 5.33 Å². The highest BCUT2D eigenvalue weighted by Crippen LogP contribution is 2.15. The lowest BCUT2D eigenvalue weighted by molar-refractivity contribution is 0.797. The van der Waals surface area contributed by atoms with Gasteiger partial charge in [0.1, 0.15) is 11.6 Å². The molecule has 84 valence electrons. The molecule has 0 aliphatic carbocycles. The molecule has 3 nitrogen and oxygen atoms in total. The minimum Gasteiger partial charge on any atom is -0.282 e. The quantitative estimate of drug-likeness (QED) is 0.806. The van der Waals surface area contributed by atoms with Crippen LogP contribution in [-0.2, 0) is 11.8 Å². The Morgan fingerprint density at radius 3 is 2.44 bits per heavy atom. The van der Waals surface area contributed by atoms with Crippen LogP contribution in [0.15, 0.2) is 30.3 Å². The molecule has 16 heavy (non-hydrogen) atoms. The Morgan fingerprint density at radius 2 is 1.81 bits per heavy atom. The summed E-state index contributed by atoms with van der Waals surface area (Å²) in [6.07, 6.45) is 2.03. The summed E-state index contributed by atoms with van der Waals surface area (Å²) in [7, 11) is 0. The summed E-state index contributed by atoms with van der Waals surface area (Å²) in [5.41, 5.74) is 1.13. The lowest BCUT2D eigenvalue weighted by Gasteiger charge is -2.08. The van der Waals surface area contributed by atoms with E-state index in [4.69, 9.17) is 0 Å². The van der Waals surface area contributed by atoms with Crippen molar-refractivity contribution >= 4 is 15.9 Å². The molecule has 0 spiro atoms. The number of nitrogens with zero attached hydrogens (tertiary/aromatic N) is 3. The zero-order valence-corrected chi connectivity index (χ0v) is 10.8. The van der Waals surface area contributed by atoms with E-state index in [0.29, 0.717) is 0 Å². The highest BCUT2D eigenvalue weighted by atomic mass is 79.9. The minimum absolute atomic E-state index is 0.721. The van der Waals surface area contributed by atoms with Crippen molar-refractivity contribution in [1.29, 1.82) is 0 Å². The number of alkyl halides is 1. The number of benzene rings is 1. The third-order valence-corrected chi connectivity index (χ3v) is 2.91. The van der Waals surface area contributed by atoms with E-state index in [2.05, 4.69) is 49.8 Å². The second-order valence-corrected chi connectivity index (χ2v) is 4.15. The fourth-order valence-corrected chi connectivity index (χ4v) is 2.06. The van der Waals surface area contributed by atoms with E-state index in [0.717, 1.165) is 35.5 Å². The van der Waals surface area contributed by atoms with Crippen molar-refractivity contribution in [1.82, 2.24) is 14.8 Å². The van der Waals surface area contributed by atoms with Crippen LogP contribution in [0.2, 0.25) is 0 Å². The van der Waals surface area contributed by atoms with Gasteiger partial charge < -0.3 is 0 Å². The molecule has 1 heterocycles. The van der Waals surface area contributed by atoms with Crippen LogP contribution in [0.1, 0.15) is 25.0 Å². The fraction of sp³-hybridized carbons (Fsp3) is 0.333. The van der Waals surface area contributed by atoms with Crippen LogP contribution in [0.5, 0.6) is 0 Å². The molecule has 2 aromatic rings. The molecule has 0 amide bonds. The molecule has 2 rings (SSSR count). The number of halogens is 1. The summed E-state index contributed by atoms with van der Waals surface area (Å²) < 4.78 is 2.12. The summed E-state index contributed by atoms with van der Waals surface area (Å²) in [6.45, 7) is 2.15. The summed E-state index contributed by atoms with van der Waals surface area (Å²) in [5, 5.41) is 9.15. The van der Waals surface area contributed by atoms with Crippen molar-refractivity contribution < 1.29 is 0 Å². The van der Waals surface area contributed by atoms with Crippen LogP contribution >= 0.6 is 15.9 Å². The first kappa shape index (κ1) is 11.3. The Balaban J connectivity index is 2.48. The van der Waals surface area contributed by atoms with Crippen molar-refractivity contribution in [2.45, 2.75) is 25.1 Å². The number of rotatable bonds is 4. The Labute approximate surface area is 104 Å². The summed E-state index contributed by atoms with van der Waals surface area (Å²) in [5.74, 6) is 1.98. The average molecular weight is 280 g/mol. The van der Waals surface area contributed by atoms with E-state index < -0.39 is 0 Å². The Bertz CT molecular complexity index is 451. The number of hydrogen-bond acceptors (Lipinski definition) is 2. The van der Waals surface area contributed by atoms with E-state index in [9.17, 15) is 0 Å². The van der Waals surface area contributed by atoms with Crippen molar-refractivity contribution in [3.63, 3.8) is 0 Å². The number of para-hydroxylation sites is 1. The van der Waals surface area contributed by atoms with Crippen molar-refractivity contribution in [2.24, 2.45) is 0 Å². The molecular weight excluding hydrogens is 266 g/mol. The second kappa shape index (κ2) is 5.25. The van der Waals surface area contributed by atoms with Gasteiger partial charge in [-0.15, -0.1) is 10.2 Å². The molecule has 0 aliphatic heterocycles. The van der Waals surface area contributed by atoms with Gasteiger partial charge in [0.2, 0.25) is 0 Å². The van der Waals surface area contributed by atoms with Gasteiger partial charge in [-0.05, 0) is 18.6 Å². The van der Waals surface area contributed by atoms with Crippen molar-refractivity contribution in [3.8, 4) is 5.69 Å². The number of aromatic nitrogens is 3. The maximum absolute atomic E-state index is 4.24. The SMILES string of the molecule is CCCc1nnc(CBr)n1-c1ccccc1. The first-order chi connectivity index (χ1) is 7.86. The largest absolute Gasteiger partial charge is 0.282 e. The zero-order valence-electron chi connectivity index (χ0n) is 9.23. The molecule has 0 unspecified atom stereocenters. The molecule has 1 aromatic carbocycles. The van der Waals surface area contributed by atoms with Gasteiger partial charge in [-0.1, -0.05) is 41.1 Å². The Hall–Kier alpha value is -1.16. The van der Waals surface area contributed by atoms with Crippen LogP contribution in [0, 0.1) is 0 Å². The van der Waals surface area contributed by atoms with Gasteiger partial charge in [0, 0.05) is 12.1 Å². The third-order valence-electron chi connectivity index (χ3n) is 2.40. The number of hydrogen-bond donors (Lipinski definition) is 0. The van der Waals surface area contributed by atoms with Crippen LogP contribution < -0.4 is 0 Å². The lowest BCUT2D eigenvalue weighted by atomic mass is 10.3. The smallest absolute Gasteiger partial charge is 0.148 e. The molecule has 0 radical (unpaired) electrons. The molecule has 0 atom stereocenters. The molecule has 0 N–H and O–H groups in total. The molecule has 0 saturated heterocycles. The predicted octanol–water partition coefficient (Wildman–Crippen LogP) is 3.11. The fourth-order valence-electron chi connectivity index (χ4n) is 1.70. The summed E-state index contributed by atoms with van der Waals surface area (Å²) >= 11 is 3.45. The third kappa shape index (κ3) is 2.16. The van der Waals surface area contributed by atoms with E-state index in [1.165, 1.54) is 0 Å². The maximum Gasteiger partial charge on any atom is 0.148 e. The van der Waals surface area contributed by atoms with Gasteiger partial charge in [0.15, 0.2) is 0 Å². The average Bonchev–Trinajstić information content (AvgIpc) is 2.74. The number of aryl methyl sites for hydroxylation is 1. The first-order valence-electron chi connectivity index (χ1n) is 5.41. The standard InChI is InChI=1S/C12H14BrN3/c1-2-6-11-14-15-12(9-13)16(11)10-7-4-3-5-8-10/h3-5,7-8H,2,6,9H2,1H3. The van der Waals surface area contributed by atoms with E-state index in [1.807, 2.05) is 18.2 Å². The summed E-state index contributed by atoms with van der Waals surface area (Å²) in [4.78, 5) is 0. The van der Waals surface area contributed by atoms with E-state index in [1.54, 1.807) is 0 Å². The van der Waals surface area contributed by atoms with Gasteiger partial charge in [-0.2, -0.15) is 0 Å². The van der Waals surface area contributed by atoms with Crippen molar-refractivity contribution in [2.75, 3.05) is 0 Å². The van der Waals surface area contributed by atoms with Gasteiger partial charge in [0.25, 0.3) is 0 Å². The first-order valence-corrected chi connectivity index (χ1v) is 6.53. The molecule has 1 aromatic heterocycles. The van der Waals surface area contributed by atoms with Crippen LogP contribution in [0.25, 0.3) is 5.69 Å². The summed E-state index contributed by atoms with van der Waals surface area (Å²) in [6, 6.07) is 10.2. The van der Waals surface area contributed by atoms with E-state index >= 15 is 0 Å². The topological polar surface area (TPSA) is 30.7 Å². The highest BCUT2D eigenvalue weighted by Gasteiger charge is 2.11. The minimum atomic E-state index is 0.721. The molecular formula is C12H14BrN3. The molecule has 4 heteroatoms.